The van der Waals surface area contributed by atoms with Crippen LogP contribution in [0.1, 0.15) is 15.9 Å². The van der Waals surface area contributed by atoms with E-state index in [1.54, 1.807) is 43.4 Å². The minimum absolute atomic E-state index is 0.0587. The lowest BCUT2D eigenvalue weighted by Gasteiger charge is -2.14. The number of primary amides is 1. The number of carboxylic acid groups (broad SMARTS) is 1. The van der Waals surface area contributed by atoms with Crippen LogP contribution < -0.4 is 16.4 Å². The molecule has 0 bridgehead atoms. The average Bonchev–Trinajstić information content (AvgIpc) is 2.73. The maximum absolute atomic E-state index is 11.9. The number of hydrogen-bond donors (Lipinski definition) is 5. The van der Waals surface area contributed by atoms with Gasteiger partial charge in [0.2, 0.25) is 5.91 Å². The fraction of sp³-hybridized carbons (Fsp3) is 0.200. The first-order valence-corrected chi connectivity index (χ1v) is 8.82. The Kier molecular flexibility index (Phi) is 5.81. The maximum Gasteiger partial charge on any atom is 0.335 e. The molecule has 2 atom stereocenters. The first-order valence-electron chi connectivity index (χ1n) is 8.82. The van der Waals surface area contributed by atoms with Gasteiger partial charge < -0.3 is 30.8 Å². The molecular formula is C20H19N3O7. The summed E-state index contributed by atoms with van der Waals surface area (Å²) in [5.41, 5.74) is 7.24. The van der Waals surface area contributed by atoms with Crippen LogP contribution in [0.25, 0.3) is 21.9 Å². The molecule has 2 amide bonds. The lowest BCUT2D eigenvalue weighted by molar-refractivity contribution is -0.158. The Bertz CT molecular complexity index is 1230. The van der Waals surface area contributed by atoms with Gasteiger partial charge >= 0.3 is 5.97 Å². The molecule has 3 aromatic rings. The van der Waals surface area contributed by atoms with Gasteiger partial charge in [-0.1, -0.05) is 12.1 Å². The number of aliphatic hydroxyl groups is 2. The quantitative estimate of drug-likeness (QED) is 0.343. The highest BCUT2D eigenvalue weighted by molar-refractivity contribution is 6.06. The molecule has 0 aliphatic heterocycles. The van der Waals surface area contributed by atoms with Crippen molar-refractivity contribution in [3.63, 3.8) is 0 Å². The molecule has 10 nitrogen and oxygen atoms in total. The number of hydrogen-bond acceptors (Lipinski definition) is 7. The molecule has 1 aromatic heterocycles. The molecule has 0 aliphatic carbocycles. The molecule has 2 aromatic carbocycles. The highest BCUT2D eigenvalue weighted by Crippen LogP contribution is 2.22. The number of nitrogens with two attached hydrogens (primary N) is 1. The maximum atomic E-state index is 11.9. The SMILES string of the molecule is CN=c1c2cc(CNC(=O)C(O)C(O)C(=O)O)ccc2oc2cccc(C(N)=O)c12. The topological polar surface area (TPSA) is 175 Å². The number of carbonyl (C=O) groups is 3. The summed E-state index contributed by atoms with van der Waals surface area (Å²) in [5.74, 6) is -3.38. The Morgan fingerprint density at radius 2 is 1.87 bits per heavy atom. The van der Waals surface area contributed by atoms with E-state index in [0.717, 1.165) is 0 Å². The third-order valence-corrected chi connectivity index (χ3v) is 4.56. The van der Waals surface area contributed by atoms with E-state index in [1.807, 2.05) is 0 Å². The van der Waals surface area contributed by atoms with Crippen LogP contribution in [0.3, 0.4) is 0 Å². The normalized spacial score (nSPS) is 13.9. The van der Waals surface area contributed by atoms with Crippen LogP contribution in [0.4, 0.5) is 0 Å². The molecule has 0 spiro atoms. The van der Waals surface area contributed by atoms with Crippen molar-refractivity contribution in [1.82, 2.24) is 5.32 Å². The Labute approximate surface area is 169 Å². The zero-order valence-electron chi connectivity index (χ0n) is 15.8. The second-order valence-corrected chi connectivity index (χ2v) is 6.49. The number of nitrogens with zero attached hydrogens (tertiary/aromatic N) is 1. The zero-order valence-corrected chi connectivity index (χ0v) is 15.8. The largest absolute Gasteiger partial charge is 0.479 e. The number of aliphatic carboxylic acids is 1. The van der Waals surface area contributed by atoms with Gasteiger partial charge in [0.15, 0.2) is 12.2 Å². The predicted octanol–water partition coefficient (Wildman–Crippen LogP) is -0.362. The smallest absolute Gasteiger partial charge is 0.335 e. The van der Waals surface area contributed by atoms with Gasteiger partial charge in [-0.2, -0.15) is 0 Å². The second kappa shape index (κ2) is 8.31. The van der Waals surface area contributed by atoms with Crippen molar-refractivity contribution in [1.29, 1.82) is 0 Å². The van der Waals surface area contributed by atoms with Crippen molar-refractivity contribution in [3.05, 3.63) is 52.9 Å². The molecule has 6 N–H and O–H groups in total. The molecule has 0 saturated heterocycles. The van der Waals surface area contributed by atoms with Crippen molar-refractivity contribution in [2.24, 2.45) is 10.7 Å². The molecule has 1 heterocycles. The third kappa shape index (κ3) is 3.86. The van der Waals surface area contributed by atoms with Crippen molar-refractivity contribution in [3.8, 4) is 0 Å². The number of fused-ring (bicyclic) bond motifs is 2. The van der Waals surface area contributed by atoms with Crippen molar-refractivity contribution in [2.75, 3.05) is 7.05 Å². The molecule has 156 valence electrons. The summed E-state index contributed by atoms with van der Waals surface area (Å²) in [7, 11) is 1.56. The van der Waals surface area contributed by atoms with Crippen molar-refractivity contribution in [2.45, 2.75) is 18.8 Å². The van der Waals surface area contributed by atoms with E-state index < -0.39 is 30.0 Å². The van der Waals surface area contributed by atoms with Gasteiger partial charge in [0.25, 0.3) is 5.91 Å². The van der Waals surface area contributed by atoms with Gasteiger partial charge in [-0.15, -0.1) is 0 Å². The molecule has 0 fully saturated rings. The van der Waals surface area contributed by atoms with Gasteiger partial charge in [-0.25, -0.2) is 4.79 Å². The molecule has 0 aliphatic rings. The van der Waals surface area contributed by atoms with E-state index in [-0.39, 0.29) is 12.1 Å². The van der Waals surface area contributed by atoms with Gasteiger partial charge in [0, 0.05) is 19.0 Å². The fourth-order valence-corrected chi connectivity index (χ4v) is 3.08. The van der Waals surface area contributed by atoms with Gasteiger partial charge in [0.05, 0.1) is 16.3 Å². The molecule has 30 heavy (non-hydrogen) atoms. The van der Waals surface area contributed by atoms with Crippen LogP contribution in [0, 0.1) is 0 Å². The van der Waals surface area contributed by atoms with Crippen molar-refractivity contribution < 1.29 is 34.1 Å². The molecule has 2 unspecified atom stereocenters. The van der Waals surface area contributed by atoms with E-state index in [2.05, 4.69) is 10.3 Å². The summed E-state index contributed by atoms with van der Waals surface area (Å²) in [6.07, 6.45) is -4.34. The van der Waals surface area contributed by atoms with Gasteiger partial charge in [0.1, 0.15) is 11.2 Å². The molecule has 0 radical (unpaired) electrons. The minimum Gasteiger partial charge on any atom is -0.479 e. The number of aliphatic hydroxyl groups excluding tert-OH is 2. The number of carbonyl (C=O) groups excluding carboxylic acids is 2. The summed E-state index contributed by atoms with van der Waals surface area (Å²) in [6.45, 7) is -0.0587. The summed E-state index contributed by atoms with van der Waals surface area (Å²) in [6, 6.07) is 9.91. The highest BCUT2D eigenvalue weighted by Gasteiger charge is 2.29. The number of benzene rings is 2. The number of carboxylic acids is 1. The van der Waals surface area contributed by atoms with E-state index in [0.29, 0.717) is 32.9 Å². The van der Waals surface area contributed by atoms with E-state index >= 15 is 0 Å². The lowest BCUT2D eigenvalue weighted by Crippen LogP contribution is -2.45. The molecule has 10 heteroatoms. The van der Waals surface area contributed by atoms with Crippen molar-refractivity contribution >= 4 is 39.7 Å². The highest BCUT2D eigenvalue weighted by atomic mass is 16.4. The Morgan fingerprint density at radius 3 is 2.50 bits per heavy atom. The standard InChI is InChI=1S/C20H19N3O7/c1-22-15-11-7-9(8-23-19(27)16(24)17(25)20(28)29)5-6-12(11)30-13-4-2-3-10(14(13)15)18(21)26/h2-7,16-17,24-25H,8H2,1H3,(H2,21,26)(H,23,27)(H,28,29). The summed E-state index contributed by atoms with van der Waals surface area (Å²) in [5, 5.41) is 31.4. The van der Waals surface area contributed by atoms with Crippen LogP contribution in [-0.2, 0) is 16.1 Å². The van der Waals surface area contributed by atoms with Crippen LogP contribution >= 0.6 is 0 Å². The number of rotatable bonds is 6. The number of nitrogens with one attached hydrogen (secondary N) is 1. The van der Waals surface area contributed by atoms with E-state index in [1.165, 1.54) is 0 Å². The van der Waals surface area contributed by atoms with Crippen LogP contribution in [-0.4, -0.2) is 52.4 Å². The monoisotopic (exact) mass is 413 g/mol. The van der Waals surface area contributed by atoms with Crippen LogP contribution in [0.5, 0.6) is 0 Å². The van der Waals surface area contributed by atoms with Gasteiger partial charge in [-0.05, 0) is 29.8 Å². The minimum atomic E-state index is -2.23. The van der Waals surface area contributed by atoms with E-state index in [4.69, 9.17) is 15.3 Å². The van der Waals surface area contributed by atoms with Crippen LogP contribution in [0.2, 0.25) is 0 Å². The Morgan fingerprint density at radius 1 is 1.13 bits per heavy atom. The number of amides is 2. The molecular weight excluding hydrogens is 394 g/mol. The van der Waals surface area contributed by atoms with E-state index in [9.17, 15) is 24.6 Å². The Hall–Kier alpha value is -3.76. The fourth-order valence-electron chi connectivity index (χ4n) is 3.08. The molecule has 0 saturated carbocycles. The second-order valence-electron chi connectivity index (χ2n) is 6.49. The first kappa shape index (κ1) is 21.0. The average molecular weight is 413 g/mol. The summed E-state index contributed by atoms with van der Waals surface area (Å²) in [4.78, 5) is 38.7. The predicted molar refractivity (Wildman–Crippen MR) is 105 cm³/mol. The first-order chi connectivity index (χ1) is 14.2. The Balaban J connectivity index is 2.01. The van der Waals surface area contributed by atoms with Gasteiger partial charge in [-0.3, -0.25) is 14.6 Å². The third-order valence-electron chi connectivity index (χ3n) is 4.56. The molecule has 3 rings (SSSR count). The summed E-state index contributed by atoms with van der Waals surface area (Å²) < 4.78 is 5.86. The van der Waals surface area contributed by atoms with Crippen LogP contribution in [0.15, 0.2) is 45.8 Å². The zero-order chi connectivity index (χ0) is 22.0. The lowest BCUT2D eigenvalue weighted by atomic mass is 10.0. The summed E-state index contributed by atoms with van der Waals surface area (Å²) >= 11 is 0.